The summed E-state index contributed by atoms with van der Waals surface area (Å²) >= 11 is 2.08. The third-order valence-corrected chi connectivity index (χ3v) is 5.44. The van der Waals surface area contributed by atoms with E-state index in [-0.39, 0.29) is 6.04 Å². The Morgan fingerprint density at radius 3 is 2.50 bits per heavy atom. The summed E-state index contributed by atoms with van der Waals surface area (Å²) in [6, 6.07) is 9.47. The maximum Gasteiger partial charge on any atom is 0.0499 e. The molecule has 0 aromatic heterocycles. The van der Waals surface area contributed by atoms with Crippen molar-refractivity contribution in [3.63, 3.8) is 0 Å². The van der Waals surface area contributed by atoms with Gasteiger partial charge in [-0.15, -0.1) is 0 Å². The molecule has 0 radical (unpaired) electrons. The molecule has 1 heterocycles. The van der Waals surface area contributed by atoms with Gasteiger partial charge in [0.05, 0.1) is 0 Å². The van der Waals surface area contributed by atoms with Crippen LogP contribution in [0.2, 0.25) is 0 Å². The van der Waals surface area contributed by atoms with Crippen LogP contribution in [0.3, 0.4) is 0 Å². The Morgan fingerprint density at radius 2 is 1.95 bits per heavy atom. The van der Waals surface area contributed by atoms with E-state index in [2.05, 4.69) is 68.6 Å². The monoisotopic (exact) mass is 292 g/mol. The van der Waals surface area contributed by atoms with Crippen molar-refractivity contribution in [2.75, 3.05) is 18.8 Å². The van der Waals surface area contributed by atoms with Gasteiger partial charge in [0.1, 0.15) is 0 Å². The molecule has 0 saturated carbocycles. The van der Waals surface area contributed by atoms with Crippen LogP contribution in [0.1, 0.15) is 44.4 Å². The Bertz CT molecular complexity index is 427. The molecule has 2 N–H and O–H groups in total. The van der Waals surface area contributed by atoms with Crippen LogP contribution in [0.5, 0.6) is 0 Å². The van der Waals surface area contributed by atoms with Crippen molar-refractivity contribution >= 4 is 11.8 Å². The van der Waals surface area contributed by atoms with Gasteiger partial charge in [-0.25, -0.2) is 0 Å². The zero-order valence-corrected chi connectivity index (χ0v) is 14.0. The quantitative estimate of drug-likeness (QED) is 0.919. The number of benzene rings is 1. The number of aryl methyl sites for hydroxylation is 1. The van der Waals surface area contributed by atoms with Gasteiger partial charge in [-0.05, 0) is 32.8 Å². The standard InChI is InChI=1S/C17H28N2S/c1-5-15(18)16(14-8-6-13(2)7-9-14)19-10-11-20-17(3,4)12-19/h6-9,15-16H,5,10-12,18H2,1-4H3. The largest absolute Gasteiger partial charge is 0.326 e. The molecule has 1 aromatic rings. The summed E-state index contributed by atoms with van der Waals surface area (Å²) in [7, 11) is 0. The minimum Gasteiger partial charge on any atom is -0.326 e. The topological polar surface area (TPSA) is 29.3 Å². The highest BCUT2D eigenvalue weighted by Crippen LogP contribution is 2.35. The van der Waals surface area contributed by atoms with Crippen LogP contribution in [0.15, 0.2) is 24.3 Å². The van der Waals surface area contributed by atoms with Gasteiger partial charge in [0, 0.05) is 35.7 Å². The van der Waals surface area contributed by atoms with Gasteiger partial charge in [0.25, 0.3) is 0 Å². The highest BCUT2D eigenvalue weighted by molar-refractivity contribution is 8.00. The molecule has 0 bridgehead atoms. The Kier molecular flexibility index (Phi) is 5.16. The van der Waals surface area contributed by atoms with E-state index >= 15 is 0 Å². The molecular weight excluding hydrogens is 264 g/mol. The highest BCUT2D eigenvalue weighted by Gasteiger charge is 2.33. The van der Waals surface area contributed by atoms with Gasteiger partial charge in [-0.3, -0.25) is 4.90 Å². The first-order chi connectivity index (χ1) is 9.43. The molecule has 1 aliphatic heterocycles. The zero-order valence-electron chi connectivity index (χ0n) is 13.2. The molecule has 2 atom stereocenters. The molecule has 2 unspecified atom stereocenters. The lowest BCUT2D eigenvalue weighted by Gasteiger charge is -2.44. The van der Waals surface area contributed by atoms with Gasteiger partial charge in [-0.1, -0.05) is 36.8 Å². The van der Waals surface area contributed by atoms with Crippen LogP contribution >= 0.6 is 11.8 Å². The molecule has 0 aliphatic carbocycles. The van der Waals surface area contributed by atoms with Crippen molar-refractivity contribution < 1.29 is 0 Å². The Morgan fingerprint density at radius 1 is 1.30 bits per heavy atom. The third kappa shape index (κ3) is 3.78. The lowest BCUT2D eigenvalue weighted by molar-refractivity contribution is 0.161. The average Bonchev–Trinajstić information content (AvgIpc) is 2.40. The van der Waals surface area contributed by atoms with Crippen molar-refractivity contribution in [2.45, 2.75) is 50.9 Å². The van der Waals surface area contributed by atoms with Crippen molar-refractivity contribution in [1.29, 1.82) is 0 Å². The predicted molar refractivity (Wildman–Crippen MR) is 90.3 cm³/mol. The SMILES string of the molecule is CCC(N)C(c1ccc(C)cc1)N1CCSC(C)(C)C1. The smallest absolute Gasteiger partial charge is 0.0499 e. The van der Waals surface area contributed by atoms with E-state index < -0.39 is 0 Å². The van der Waals surface area contributed by atoms with Crippen LogP contribution in [0.25, 0.3) is 0 Å². The number of hydrogen-bond donors (Lipinski definition) is 1. The summed E-state index contributed by atoms with van der Waals surface area (Å²) < 4.78 is 0.328. The summed E-state index contributed by atoms with van der Waals surface area (Å²) in [6.45, 7) is 11.3. The Labute approximate surface area is 128 Å². The number of hydrogen-bond acceptors (Lipinski definition) is 3. The highest BCUT2D eigenvalue weighted by atomic mass is 32.2. The summed E-state index contributed by atoms with van der Waals surface area (Å²) in [5, 5.41) is 0. The fourth-order valence-electron chi connectivity index (χ4n) is 3.01. The third-order valence-electron chi connectivity index (χ3n) is 4.14. The van der Waals surface area contributed by atoms with Crippen LogP contribution in [-0.2, 0) is 0 Å². The fraction of sp³-hybridized carbons (Fsp3) is 0.647. The van der Waals surface area contributed by atoms with E-state index in [1.165, 1.54) is 16.9 Å². The molecule has 112 valence electrons. The minimum absolute atomic E-state index is 0.205. The minimum atomic E-state index is 0.205. The molecule has 2 nitrogen and oxygen atoms in total. The average molecular weight is 292 g/mol. The second kappa shape index (κ2) is 6.50. The Hall–Kier alpha value is -0.510. The summed E-state index contributed by atoms with van der Waals surface area (Å²) in [5.74, 6) is 1.20. The molecule has 1 aliphatic rings. The molecule has 1 saturated heterocycles. The molecule has 0 spiro atoms. The van der Waals surface area contributed by atoms with E-state index in [1.54, 1.807) is 0 Å². The predicted octanol–water partition coefficient (Wildman–Crippen LogP) is 3.60. The normalized spacial score (nSPS) is 22.4. The van der Waals surface area contributed by atoms with E-state index in [0.29, 0.717) is 10.8 Å². The molecular formula is C17H28N2S. The fourth-order valence-corrected chi connectivity index (χ4v) is 4.14. The van der Waals surface area contributed by atoms with E-state index in [0.717, 1.165) is 19.5 Å². The molecule has 1 fully saturated rings. The number of thioether (sulfide) groups is 1. The van der Waals surface area contributed by atoms with Crippen molar-refractivity contribution in [2.24, 2.45) is 5.73 Å². The second-order valence-electron chi connectivity index (χ2n) is 6.51. The first-order valence-corrected chi connectivity index (χ1v) is 8.61. The molecule has 0 amide bonds. The van der Waals surface area contributed by atoms with Gasteiger partial charge < -0.3 is 5.73 Å². The molecule has 2 rings (SSSR count). The summed E-state index contributed by atoms with van der Waals surface area (Å²) in [6.07, 6.45) is 1.02. The van der Waals surface area contributed by atoms with E-state index in [4.69, 9.17) is 5.73 Å². The maximum atomic E-state index is 6.46. The van der Waals surface area contributed by atoms with Crippen LogP contribution in [-0.4, -0.2) is 34.5 Å². The van der Waals surface area contributed by atoms with Gasteiger partial charge in [0.15, 0.2) is 0 Å². The lowest BCUT2D eigenvalue weighted by Crippen LogP contribution is -2.49. The molecule has 20 heavy (non-hydrogen) atoms. The van der Waals surface area contributed by atoms with Crippen LogP contribution in [0.4, 0.5) is 0 Å². The van der Waals surface area contributed by atoms with E-state index in [9.17, 15) is 0 Å². The summed E-state index contributed by atoms with van der Waals surface area (Å²) in [5.41, 5.74) is 9.14. The molecule has 3 heteroatoms. The zero-order chi connectivity index (χ0) is 14.8. The lowest BCUT2D eigenvalue weighted by atomic mass is 9.94. The van der Waals surface area contributed by atoms with Crippen LogP contribution in [0, 0.1) is 6.92 Å². The van der Waals surface area contributed by atoms with Crippen molar-refractivity contribution in [3.8, 4) is 0 Å². The molecule has 1 aromatic carbocycles. The van der Waals surface area contributed by atoms with Gasteiger partial charge >= 0.3 is 0 Å². The maximum absolute atomic E-state index is 6.46. The van der Waals surface area contributed by atoms with E-state index in [1.807, 2.05) is 0 Å². The van der Waals surface area contributed by atoms with Gasteiger partial charge in [-0.2, -0.15) is 11.8 Å². The first kappa shape index (κ1) is 15.9. The van der Waals surface area contributed by atoms with Gasteiger partial charge in [0.2, 0.25) is 0 Å². The van der Waals surface area contributed by atoms with Crippen LogP contribution < -0.4 is 5.73 Å². The summed E-state index contributed by atoms with van der Waals surface area (Å²) in [4.78, 5) is 2.59. The number of nitrogens with two attached hydrogens (primary N) is 1. The number of nitrogens with zero attached hydrogens (tertiary/aromatic N) is 1. The first-order valence-electron chi connectivity index (χ1n) is 7.63. The number of rotatable bonds is 4. The van der Waals surface area contributed by atoms with Crippen molar-refractivity contribution in [1.82, 2.24) is 4.90 Å². The second-order valence-corrected chi connectivity index (χ2v) is 8.31. The van der Waals surface area contributed by atoms with Crippen molar-refractivity contribution in [3.05, 3.63) is 35.4 Å². The Balaban J connectivity index is 2.25.